The van der Waals surface area contributed by atoms with Crippen molar-refractivity contribution in [2.24, 2.45) is 0 Å². The first-order valence-corrected chi connectivity index (χ1v) is 5.92. The average Bonchev–Trinajstić information content (AvgIpc) is 2.28. The Hall–Kier alpha value is -1.37. The summed E-state index contributed by atoms with van der Waals surface area (Å²) in [5.74, 6) is -0.627. The molecular formula is C11H12BrF2NO3. The number of rotatable bonds is 5. The third kappa shape index (κ3) is 3.83. The molecule has 0 heterocycles. The van der Waals surface area contributed by atoms with Gasteiger partial charge in [-0.1, -0.05) is 6.07 Å². The molecule has 4 nitrogen and oxygen atoms in total. The van der Waals surface area contributed by atoms with Gasteiger partial charge in [-0.25, -0.2) is 0 Å². The number of alkyl halides is 2. The van der Waals surface area contributed by atoms with Crippen molar-refractivity contribution in [1.82, 2.24) is 0 Å². The zero-order valence-electron chi connectivity index (χ0n) is 9.58. The number of halogens is 3. The summed E-state index contributed by atoms with van der Waals surface area (Å²) in [7, 11) is 0. The fraction of sp³-hybridized carbons (Fsp3) is 0.364. The van der Waals surface area contributed by atoms with Gasteiger partial charge in [-0.15, -0.1) is 0 Å². The minimum absolute atomic E-state index is 0.0473. The van der Waals surface area contributed by atoms with Crippen LogP contribution >= 0.6 is 15.9 Å². The van der Waals surface area contributed by atoms with Gasteiger partial charge in [0.1, 0.15) is 0 Å². The Labute approximate surface area is 111 Å². The van der Waals surface area contributed by atoms with Crippen LogP contribution in [0.3, 0.4) is 0 Å². The van der Waals surface area contributed by atoms with Crippen molar-refractivity contribution in [3.63, 3.8) is 0 Å². The van der Waals surface area contributed by atoms with Crippen LogP contribution in [0, 0.1) is 0 Å². The van der Waals surface area contributed by atoms with Crippen LogP contribution in [0.5, 0.6) is 5.75 Å². The van der Waals surface area contributed by atoms with E-state index in [2.05, 4.69) is 20.7 Å². The average molecular weight is 324 g/mol. The second kappa shape index (κ2) is 6.53. The van der Waals surface area contributed by atoms with Gasteiger partial charge >= 0.3 is 12.6 Å². The van der Waals surface area contributed by atoms with E-state index >= 15 is 0 Å². The second-order valence-electron chi connectivity index (χ2n) is 3.32. The molecule has 0 unspecified atom stereocenters. The summed E-state index contributed by atoms with van der Waals surface area (Å²) in [4.78, 5) is 11.3. The molecule has 0 aliphatic heterocycles. The summed E-state index contributed by atoms with van der Waals surface area (Å²) in [5, 5.41) is 0. The van der Waals surface area contributed by atoms with E-state index in [0.717, 1.165) is 0 Å². The van der Waals surface area contributed by atoms with E-state index in [1.54, 1.807) is 13.0 Å². The number of carbonyl (C=O) groups is 1. The van der Waals surface area contributed by atoms with Gasteiger partial charge in [-0.05, 0) is 34.5 Å². The lowest BCUT2D eigenvalue weighted by atomic mass is 10.1. The Morgan fingerprint density at radius 2 is 2.17 bits per heavy atom. The summed E-state index contributed by atoms with van der Waals surface area (Å²) < 4.78 is 33.7. The lowest BCUT2D eigenvalue weighted by molar-refractivity contribution is -0.142. The van der Waals surface area contributed by atoms with Crippen LogP contribution in [0.15, 0.2) is 16.6 Å². The number of nitrogens with two attached hydrogens (primary N) is 1. The number of esters is 1. The first-order chi connectivity index (χ1) is 8.45. The molecule has 0 fully saturated rings. The van der Waals surface area contributed by atoms with Crippen LogP contribution in [-0.4, -0.2) is 19.2 Å². The molecule has 0 amide bonds. The standard InChI is InChI=1S/C11H12BrF2NO3/c1-2-17-8(16)5-6-3-4-7(15)10(9(6)12)18-11(13)14/h3-4,11H,2,5,15H2,1H3. The van der Waals surface area contributed by atoms with Crippen molar-refractivity contribution in [1.29, 1.82) is 0 Å². The number of benzene rings is 1. The van der Waals surface area contributed by atoms with Gasteiger partial charge in [0.05, 0.1) is 23.2 Å². The monoisotopic (exact) mass is 323 g/mol. The molecule has 18 heavy (non-hydrogen) atoms. The highest BCUT2D eigenvalue weighted by molar-refractivity contribution is 9.10. The molecule has 100 valence electrons. The molecule has 0 saturated carbocycles. The molecule has 0 radical (unpaired) electrons. The molecule has 1 rings (SSSR count). The van der Waals surface area contributed by atoms with Gasteiger partial charge in [0.25, 0.3) is 0 Å². The van der Waals surface area contributed by atoms with Crippen LogP contribution in [0.1, 0.15) is 12.5 Å². The van der Waals surface area contributed by atoms with Crippen LogP contribution in [-0.2, 0) is 16.0 Å². The Morgan fingerprint density at radius 3 is 2.72 bits per heavy atom. The van der Waals surface area contributed by atoms with Gasteiger partial charge in [0.2, 0.25) is 0 Å². The quantitative estimate of drug-likeness (QED) is 0.668. The van der Waals surface area contributed by atoms with Gasteiger partial charge in [-0.2, -0.15) is 8.78 Å². The van der Waals surface area contributed by atoms with E-state index in [0.29, 0.717) is 5.56 Å². The van der Waals surface area contributed by atoms with Gasteiger partial charge in [-0.3, -0.25) is 4.79 Å². The van der Waals surface area contributed by atoms with Crippen LogP contribution in [0.25, 0.3) is 0 Å². The molecule has 0 spiro atoms. The molecule has 0 aromatic heterocycles. The zero-order chi connectivity index (χ0) is 13.7. The highest BCUT2D eigenvalue weighted by Crippen LogP contribution is 2.35. The molecule has 0 atom stereocenters. The lowest BCUT2D eigenvalue weighted by Crippen LogP contribution is -2.10. The van der Waals surface area contributed by atoms with Crippen molar-refractivity contribution in [3.05, 3.63) is 22.2 Å². The fourth-order valence-corrected chi connectivity index (χ4v) is 1.92. The van der Waals surface area contributed by atoms with Crippen molar-refractivity contribution in [2.45, 2.75) is 20.0 Å². The van der Waals surface area contributed by atoms with E-state index < -0.39 is 12.6 Å². The summed E-state index contributed by atoms with van der Waals surface area (Å²) in [6.07, 6.45) is -0.0473. The molecule has 0 saturated heterocycles. The molecule has 0 aliphatic rings. The van der Waals surface area contributed by atoms with Crippen molar-refractivity contribution >= 4 is 27.6 Å². The number of hydrogen-bond donors (Lipinski definition) is 1. The minimum Gasteiger partial charge on any atom is -0.466 e. The van der Waals surface area contributed by atoms with Crippen LogP contribution < -0.4 is 10.5 Å². The Kier molecular flexibility index (Phi) is 5.33. The number of hydrogen-bond acceptors (Lipinski definition) is 4. The van der Waals surface area contributed by atoms with E-state index in [-0.39, 0.29) is 28.9 Å². The predicted octanol–water partition coefficient (Wildman–Crippen LogP) is 2.74. The molecular weight excluding hydrogens is 312 g/mol. The van der Waals surface area contributed by atoms with E-state index in [1.807, 2.05) is 0 Å². The van der Waals surface area contributed by atoms with Gasteiger partial charge < -0.3 is 15.2 Å². The molecule has 1 aromatic rings. The normalized spacial score (nSPS) is 10.5. The lowest BCUT2D eigenvalue weighted by Gasteiger charge is -2.13. The van der Waals surface area contributed by atoms with Gasteiger partial charge in [0, 0.05) is 0 Å². The third-order valence-corrected chi connectivity index (χ3v) is 2.92. The Morgan fingerprint density at radius 1 is 1.50 bits per heavy atom. The largest absolute Gasteiger partial charge is 0.466 e. The zero-order valence-corrected chi connectivity index (χ0v) is 11.2. The maximum atomic E-state index is 12.2. The first kappa shape index (κ1) is 14.7. The topological polar surface area (TPSA) is 61.5 Å². The van der Waals surface area contributed by atoms with E-state index in [9.17, 15) is 13.6 Å². The fourth-order valence-electron chi connectivity index (χ4n) is 1.32. The first-order valence-electron chi connectivity index (χ1n) is 5.13. The summed E-state index contributed by atoms with van der Waals surface area (Å²) in [6.45, 7) is -1.05. The highest BCUT2D eigenvalue weighted by atomic mass is 79.9. The molecule has 7 heteroatoms. The summed E-state index contributed by atoms with van der Waals surface area (Å²) in [6, 6.07) is 2.95. The van der Waals surface area contributed by atoms with Crippen LogP contribution in [0.4, 0.5) is 14.5 Å². The van der Waals surface area contributed by atoms with E-state index in [4.69, 9.17) is 10.5 Å². The Balaban J connectivity index is 2.97. The minimum atomic E-state index is -2.98. The van der Waals surface area contributed by atoms with Crippen LogP contribution in [0.2, 0.25) is 0 Å². The summed E-state index contributed by atoms with van der Waals surface area (Å²) in [5.41, 5.74) is 6.06. The maximum Gasteiger partial charge on any atom is 0.387 e. The SMILES string of the molecule is CCOC(=O)Cc1ccc(N)c(OC(F)F)c1Br. The number of anilines is 1. The van der Waals surface area contributed by atoms with Crippen molar-refractivity contribution in [2.75, 3.05) is 12.3 Å². The molecule has 0 aliphatic carbocycles. The number of nitrogen functional groups attached to an aromatic ring is 1. The van der Waals surface area contributed by atoms with Crippen molar-refractivity contribution in [3.8, 4) is 5.75 Å². The Bertz CT molecular complexity index is 441. The second-order valence-corrected chi connectivity index (χ2v) is 4.11. The maximum absolute atomic E-state index is 12.2. The third-order valence-electron chi connectivity index (χ3n) is 2.05. The smallest absolute Gasteiger partial charge is 0.387 e. The highest BCUT2D eigenvalue weighted by Gasteiger charge is 2.17. The number of ether oxygens (including phenoxy) is 2. The molecule has 2 N–H and O–H groups in total. The van der Waals surface area contributed by atoms with E-state index in [1.165, 1.54) is 6.07 Å². The molecule has 1 aromatic carbocycles. The number of carbonyl (C=O) groups excluding carboxylic acids is 1. The van der Waals surface area contributed by atoms with Crippen molar-refractivity contribution < 1.29 is 23.0 Å². The van der Waals surface area contributed by atoms with Gasteiger partial charge in [0.15, 0.2) is 5.75 Å². The summed E-state index contributed by atoms with van der Waals surface area (Å²) >= 11 is 3.09. The predicted molar refractivity (Wildman–Crippen MR) is 65.5 cm³/mol. The molecule has 0 bridgehead atoms.